The summed E-state index contributed by atoms with van der Waals surface area (Å²) in [4.78, 5) is 13.3. The Morgan fingerprint density at radius 2 is 1.90 bits per heavy atom. The Hall–Kier alpha value is -4.04. The molecule has 0 aliphatic heterocycles. The summed E-state index contributed by atoms with van der Waals surface area (Å²) in [6.07, 6.45) is 3.34. The summed E-state index contributed by atoms with van der Waals surface area (Å²) in [7, 11) is 0. The summed E-state index contributed by atoms with van der Waals surface area (Å²) in [5.41, 5.74) is 13.1. The number of nitrogens with one attached hydrogen (secondary N) is 2. The van der Waals surface area contributed by atoms with E-state index < -0.39 is 0 Å². The molecule has 4 N–H and O–H groups in total. The van der Waals surface area contributed by atoms with Gasteiger partial charge in [0.1, 0.15) is 11.2 Å². The van der Waals surface area contributed by atoms with Crippen LogP contribution in [-0.4, -0.2) is 25.1 Å². The number of halogens is 1. The molecule has 31 heavy (non-hydrogen) atoms. The van der Waals surface area contributed by atoms with E-state index in [1.807, 2.05) is 42.5 Å². The number of pyridine rings is 2. The molecule has 0 saturated heterocycles. The zero-order valence-electron chi connectivity index (χ0n) is 16.1. The Balaban J connectivity index is 1.51. The first-order chi connectivity index (χ1) is 15.2. The second kappa shape index (κ2) is 6.75. The number of aromatic nitrogens is 5. The van der Waals surface area contributed by atoms with Crippen LogP contribution in [0.15, 0.2) is 67.0 Å². The predicted molar refractivity (Wildman–Crippen MR) is 122 cm³/mol. The molecule has 0 bridgehead atoms. The number of aromatic amines is 2. The molecule has 1 aromatic carbocycles. The lowest BCUT2D eigenvalue weighted by Gasteiger charge is -2.02. The van der Waals surface area contributed by atoms with Crippen LogP contribution in [0.1, 0.15) is 0 Å². The van der Waals surface area contributed by atoms with E-state index in [4.69, 9.17) is 10.7 Å². The van der Waals surface area contributed by atoms with Crippen molar-refractivity contribution in [2.45, 2.75) is 0 Å². The first-order valence-corrected chi connectivity index (χ1v) is 10.4. The zero-order chi connectivity index (χ0) is 20.9. The number of benzene rings is 1. The average molecular weight is 426 g/mol. The third-order valence-corrected chi connectivity index (χ3v) is 6.13. The molecule has 6 aromatic rings. The Bertz CT molecular complexity index is 1580. The third kappa shape index (κ3) is 2.96. The lowest BCUT2D eigenvalue weighted by molar-refractivity contribution is 0.657. The first kappa shape index (κ1) is 17.8. The van der Waals surface area contributed by atoms with Gasteiger partial charge in [0, 0.05) is 39.3 Å². The van der Waals surface area contributed by atoms with E-state index in [1.54, 1.807) is 18.5 Å². The van der Waals surface area contributed by atoms with Gasteiger partial charge < -0.3 is 10.7 Å². The van der Waals surface area contributed by atoms with Gasteiger partial charge in [-0.05, 0) is 42.5 Å². The standard InChI is InChI=1S/C23H15FN6S/c24-21-7-6-20(31-21)14-2-1-3-17-15(14)9-19(27-17)23-22-18(29-30-23)5-4-16(28-22)12-8-13(25)11-26-10-12/h1-11,27H,25H2,(H,29,30). The highest BCUT2D eigenvalue weighted by Crippen LogP contribution is 2.36. The van der Waals surface area contributed by atoms with E-state index in [-0.39, 0.29) is 5.13 Å². The molecule has 5 heterocycles. The van der Waals surface area contributed by atoms with Gasteiger partial charge in [0.15, 0.2) is 5.13 Å². The SMILES string of the molecule is Nc1cncc(-c2ccc3[nH]nc(-c4cc5c(-c6ccc(F)s6)cccc5[nH]4)c3n2)c1. The Labute approximate surface area is 179 Å². The van der Waals surface area contributed by atoms with Crippen molar-refractivity contribution in [1.29, 1.82) is 0 Å². The maximum atomic E-state index is 13.6. The van der Waals surface area contributed by atoms with Crippen molar-refractivity contribution in [3.05, 3.63) is 72.1 Å². The maximum Gasteiger partial charge on any atom is 0.176 e. The van der Waals surface area contributed by atoms with Gasteiger partial charge in [-0.3, -0.25) is 10.1 Å². The predicted octanol–water partition coefficient (Wildman–Crippen LogP) is 5.62. The monoisotopic (exact) mass is 426 g/mol. The van der Waals surface area contributed by atoms with Gasteiger partial charge in [-0.2, -0.15) is 9.49 Å². The highest BCUT2D eigenvalue weighted by atomic mass is 32.1. The van der Waals surface area contributed by atoms with Gasteiger partial charge in [0.2, 0.25) is 0 Å². The molecular formula is C23H15FN6S. The van der Waals surface area contributed by atoms with Gasteiger partial charge in [-0.1, -0.05) is 12.1 Å². The zero-order valence-corrected chi connectivity index (χ0v) is 16.9. The number of rotatable bonds is 3. The van der Waals surface area contributed by atoms with Gasteiger partial charge >= 0.3 is 0 Å². The van der Waals surface area contributed by atoms with E-state index in [0.717, 1.165) is 60.7 Å². The van der Waals surface area contributed by atoms with Gasteiger partial charge in [-0.15, -0.1) is 11.3 Å². The summed E-state index contributed by atoms with van der Waals surface area (Å²) in [6.45, 7) is 0. The molecule has 6 rings (SSSR count). The van der Waals surface area contributed by atoms with E-state index in [0.29, 0.717) is 11.4 Å². The molecule has 0 spiro atoms. The minimum Gasteiger partial charge on any atom is -0.397 e. The second-order valence-electron chi connectivity index (χ2n) is 7.23. The van der Waals surface area contributed by atoms with E-state index >= 15 is 0 Å². The highest BCUT2D eigenvalue weighted by molar-refractivity contribution is 7.14. The number of nitrogens with two attached hydrogens (primary N) is 1. The van der Waals surface area contributed by atoms with Crippen LogP contribution in [0.2, 0.25) is 0 Å². The van der Waals surface area contributed by atoms with Crippen LogP contribution in [0.4, 0.5) is 10.1 Å². The van der Waals surface area contributed by atoms with Gasteiger partial charge in [0.25, 0.3) is 0 Å². The minimum absolute atomic E-state index is 0.200. The van der Waals surface area contributed by atoms with Crippen molar-refractivity contribution in [3.8, 4) is 33.1 Å². The van der Waals surface area contributed by atoms with Crippen LogP contribution in [0.5, 0.6) is 0 Å². The summed E-state index contributed by atoms with van der Waals surface area (Å²) in [5, 5.41) is 8.36. The fraction of sp³-hybridized carbons (Fsp3) is 0. The normalized spacial score (nSPS) is 11.5. The molecule has 150 valence electrons. The fourth-order valence-electron chi connectivity index (χ4n) is 3.80. The Morgan fingerprint density at radius 3 is 2.74 bits per heavy atom. The summed E-state index contributed by atoms with van der Waals surface area (Å²) in [6, 6.07) is 17.0. The van der Waals surface area contributed by atoms with Crippen LogP contribution in [0.3, 0.4) is 0 Å². The number of H-pyrrole nitrogens is 2. The van der Waals surface area contributed by atoms with Crippen molar-refractivity contribution in [1.82, 2.24) is 25.1 Å². The van der Waals surface area contributed by atoms with Crippen molar-refractivity contribution in [2.24, 2.45) is 0 Å². The Morgan fingerprint density at radius 1 is 0.968 bits per heavy atom. The molecule has 0 aliphatic rings. The first-order valence-electron chi connectivity index (χ1n) is 9.59. The largest absolute Gasteiger partial charge is 0.397 e. The lowest BCUT2D eigenvalue weighted by atomic mass is 10.1. The van der Waals surface area contributed by atoms with Crippen LogP contribution in [0, 0.1) is 5.13 Å². The van der Waals surface area contributed by atoms with Crippen LogP contribution >= 0.6 is 11.3 Å². The molecule has 0 saturated carbocycles. The number of hydrogen-bond donors (Lipinski definition) is 3. The number of anilines is 1. The number of nitrogen functional groups attached to an aromatic ring is 1. The average Bonchev–Trinajstić information content (AvgIpc) is 3.50. The summed E-state index contributed by atoms with van der Waals surface area (Å²) < 4.78 is 13.6. The molecule has 0 aliphatic carbocycles. The number of hydrogen-bond acceptors (Lipinski definition) is 5. The van der Waals surface area contributed by atoms with Crippen molar-refractivity contribution >= 4 is 39.0 Å². The van der Waals surface area contributed by atoms with E-state index in [1.165, 1.54) is 6.07 Å². The molecule has 8 heteroatoms. The summed E-state index contributed by atoms with van der Waals surface area (Å²) in [5.74, 6) is 0. The topological polar surface area (TPSA) is 96.3 Å². The van der Waals surface area contributed by atoms with Crippen molar-refractivity contribution in [2.75, 3.05) is 5.73 Å². The molecule has 0 unspecified atom stereocenters. The fourth-order valence-corrected chi connectivity index (χ4v) is 4.57. The molecule has 0 fully saturated rings. The Kier molecular flexibility index (Phi) is 3.87. The summed E-state index contributed by atoms with van der Waals surface area (Å²) >= 11 is 1.13. The van der Waals surface area contributed by atoms with Gasteiger partial charge in [0.05, 0.1) is 22.6 Å². The van der Waals surface area contributed by atoms with Crippen LogP contribution < -0.4 is 5.73 Å². The quantitative estimate of drug-likeness (QED) is 0.342. The van der Waals surface area contributed by atoms with Crippen molar-refractivity contribution < 1.29 is 4.39 Å². The maximum absolute atomic E-state index is 13.6. The van der Waals surface area contributed by atoms with Crippen LogP contribution in [-0.2, 0) is 0 Å². The number of fused-ring (bicyclic) bond motifs is 2. The molecule has 0 radical (unpaired) electrons. The van der Waals surface area contributed by atoms with Crippen molar-refractivity contribution in [3.63, 3.8) is 0 Å². The molecule has 0 amide bonds. The highest BCUT2D eigenvalue weighted by Gasteiger charge is 2.16. The molecule has 5 aromatic heterocycles. The molecule has 6 nitrogen and oxygen atoms in total. The number of thiophene rings is 1. The number of nitrogens with zero attached hydrogens (tertiary/aromatic N) is 3. The van der Waals surface area contributed by atoms with E-state index in [9.17, 15) is 4.39 Å². The van der Waals surface area contributed by atoms with E-state index in [2.05, 4.69) is 20.2 Å². The molecular weight excluding hydrogens is 411 g/mol. The smallest absolute Gasteiger partial charge is 0.176 e. The molecule has 0 atom stereocenters. The lowest BCUT2D eigenvalue weighted by Crippen LogP contribution is -1.90. The second-order valence-corrected chi connectivity index (χ2v) is 8.26. The minimum atomic E-state index is -0.200. The van der Waals surface area contributed by atoms with Crippen LogP contribution in [0.25, 0.3) is 55.0 Å². The third-order valence-electron chi connectivity index (χ3n) is 5.22. The van der Waals surface area contributed by atoms with Gasteiger partial charge in [-0.25, -0.2) is 4.98 Å².